The van der Waals surface area contributed by atoms with Crippen LogP contribution in [-0.2, 0) is 0 Å². The van der Waals surface area contributed by atoms with E-state index in [-0.39, 0.29) is 12.4 Å². The molecule has 0 atom stereocenters. The van der Waals surface area contributed by atoms with Crippen molar-refractivity contribution in [1.29, 1.82) is 0 Å². The molecule has 1 aromatic carbocycles. The zero-order chi connectivity index (χ0) is 11.7. The van der Waals surface area contributed by atoms with Crippen LogP contribution in [0.5, 0.6) is 5.75 Å². The standard InChI is InChI=1S/C14H13N2O.ClH/c1-17-14-7-5-12(6-8-14)16-10-13-4-2-3-9-15(13)11-16;/h2-11H,1H3;1H/q+1;/p-1. The molecule has 0 amide bonds. The van der Waals surface area contributed by atoms with Crippen LogP contribution >= 0.6 is 0 Å². The first-order valence-corrected chi connectivity index (χ1v) is 5.49. The Morgan fingerprint density at radius 2 is 1.83 bits per heavy atom. The zero-order valence-corrected chi connectivity index (χ0v) is 10.7. The fourth-order valence-electron chi connectivity index (χ4n) is 1.89. The molecule has 0 aliphatic heterocycles. The number of nitrogens with zero attached hydrogens (tertiary/aromatic N) is 2. The Kier molecular flexibility index (Phi) is 3.53. The summed E-state index contributed by atoms with van der Waals surface area (Å²) in [7, 11) is 1.68. The van der Waals surface area contributed by atoms with Crippen molar-refractivity contribution in [3.63, 3.8) is 0 Å². The van der Waals surface area contributed by atoms with Crippen LogP contribution in [0.15, 0.2) is 61.2 Å². The van der Waals surface area contributed by atoms with E-state index >= 15 is 0 Å². The van der Waals surface area contributed by atoms with Crippen LogP contribution < -0.4 is 21.7 Å². The summed E-state index contributed by atoms with van der Waals surface area (Å²) in [5, 5.41) is 0. The number of aromatic nitrogens is 2. The Bertz CT molecular complexity index is 613. The summed E-state index contributed by atoms with van der Waals surface area (Å²) < 4.78 is 9.33. The number of hydrogen-bond acceptors (Lipinski definition) is 1. The first kappa shape index (κ1) is 12.5. The molecule has 2 heterocycles. The van der Waals surface area contributed by atoms with E-state index in [9.17, 15) is 0 Å². The Morgan fingerprint density at radius 3 is 2.50 bits per heavy atom. The SMILES string of the molecule is COc1ccc(-[n+]2cc3ccccn3c2)cc1.[Cl-]. The summed E-state index contributed by atoms with van der Waals surface area (Å²) in [5.74, 6) is 0.873. The van der Waals surface area contributed by atoms with Gasteiger partial charge in [-0.05, 0) is 36.4 Å². The highest BCUT2D eigenvalue weighted by Crippen LogP contribution is 2.11. The molecule has 0 aliphatic rings. The van der Waals surface area contributed by atoms with Crippen LogP contribution in [0.1, 0.15) is 0 Å². The molecule has 0 radical (unpaired) electrons. The second-order valence-corrected chi connectivity index (χ2v) is 3.88. The normalized spacial score (nSPS) is 10.1. The molecule has 0 unspecified atom stereocenters. The highest BCUT2D eigenvalue weighted by atomic mass is 35.5. The summed E-state index contributed by atoms with van der Waals surface area (Å²) in [6, 6.07) is 14.1. The van der Waals surface area contributed by atoms with Crippen molar-refractivity contribution in [2.75, 3.05) is 7.11 Å². The molecule has 0 saturated carbocycles. The summed E-state index contributed by atoms with van der Waals surface area (Å²) >= 11 is 0. The molecule has 3 rings (SSSR count). The lowest BCUT2D eigenvalue weighted by Gasteiger charge is -1.99. The van der Waals surface area contributed by atoms with E-state index in [4.69, 9.17) is 4.74 Å². The lowest BCUT2D eigenvalue weighted by molar-refractivity contribution is -0.594. The maximum atomic E-state index is 5.15. The van der Waals surface area contributed by atoms with Gasteiger partial charge in [-0.3, -0.25) is 0 Å². The number of hydrogen-bond donors (Lipinski definition) is 0. The molecule has 0 bridgehead atoms. The Hall–Kier alpha value is -2.00. The number of pyridine rings is 1. The van der Waals surface area contributed by atoms with Gasteiger partial charge in [0.25, 0.3) is 6.33 Å². The Balaban J connectivity index is 0.00000120. The first-order valence-electron chi connectivity index (χ1n) is 5.49. The van der Waals surface area contributed by atoms with Crippen LogP contribution in [0.2, 0.25) is 0 Å². The first-order chi connectivity index (χ1) is 8.36. The van der Waals surface area contributed by atoms with E-state index < -0.39 is 0 Å². The molecule has 18 heavy (non-hydrogen) atoms. The monoisotopic (exact) mass is 260 g/mol. The predicted molar refractivity (Wildman–Crippen MR) is 65.5 cm³/mol. The minimum Gasteiger partial charge on any atom is -1.00 e. The van der Waals surface area contributed by atoms with Crippen molar-refractivity contribution in [3.05, 3.63) is 61.2 Å². The summed E-state index contributed by atoms with van der Waals surface area (Å²) in [6.07, 6.45) is 6.19. The highest BCUT2D eigenvalue weighted by Gasteiger charge is 2.07. The number of benzene rings is 1. The third-order valence-electron chi connectivity index (χ3n) is 2.81. The van der Waals surface area contributed by atoms with Gasteiger partial charge in [-0.15, -0.1) is 0 Å². The number of ether oxygens (including phenoxy) is 1. The van der Waals surface area contributed by atoms with Crippen molar-refractivity contribution in [2.45, 2.75) is 0 Å². The van der Waals surface area contributed by atoms with Crippen molar-refractivity contribution in [2.24, 2.45) is 0 Å². The van der Waals surface area contributed by atoms with E-state index in [1.54, 1.807) is 7.11 Å². The van der Waals surface area contributed by atoms with Gasteiger partial charge in [0.1, 0.15) is 17.6 Å². The number of halogens is 1. The zero-order valence-electron chi connectivity index (χ0n) is 9.95. The Labute approximate surface area is 112 Å². The minimum absolute atomic E-state index is 0. The predicted octanol–water partition coefficient (Wildman–Crippen LogP) is -0.771. The van der Waals surface area contributed by atoms with Crippen LogP contribution in [0.3, 0.4) is 0 Å². The third kappa shape index (κ3) is 2.17. The summed E-state index contributed by atoms with van der Waals surface area (Å²) in [4.78, 5) is 0. The number of fused-ring (bicyclic) bond motifs is 1. The van der Waals surface area contributed by atoms with Crippen LogP contribution in [0.4, 0.5) is 0 Å². The fraction of sp³-hybridized carbons (Fsp3) is 0.0714. The molecule has 0 saturated heterocycles. The van der Waals surface area contributed by atoms with Crippen LogP contribution in [0, 0.1) is 0 Å². The van der Waals surface area contributed by atoms with Crippen molar-refractivity contribution >= 4 is 5.52 Å². The van der Waals surface area contributed by atoms with E-state index in [2.05, 4.69) is 27.6 Å². The maximum absolute atomic E-state index is 5.15. The average molecular weight is 261 g/mol. The fourth-order valence-corrected chi connectivity index (χ4v) is 1.89. The van der Waals surface area contributed by atoms with E-state index in [1.807, 2.05) is 42.6 Å². The Morgan fingerprint density at radius 1 is 1.06 bits per heavy atom. The molecule has 0 aliphatic carbocycles. The van der Waals surface area contributed by atoms with Crippen molar-refractivity contribution in [1.82, 2.24) is 4.40 Å². The lowest BCUT2D eigenvalue weighted by atomic mass is 10.3. The van der Waals surface area contributed by atoms with Crippen molar-refractivity contribution in [3.8, 4) is 11.4 Å². The summed E-state index contributed by atoms with van der Waals surface area (Å²) in [6.45, 7) is 0. The van der Waals surface area contributed by atoms with E-state index in [0.29, 0.717) is 0 Å². The number of imidazole rings is 1. The van der Waals surface area contributed by atoms with Gasteiger partial charge < -0.3 is 17.1 Å². The second-order valence-electron chi connectivity index (χ2n) is 3.88. The van der Waals surface area contributed by atoms with Crippen LogP contribution in [0.25, 0.3) is 11.2 Å². The highest BCUT2D eigenvalue weighted by molar-refractivity contribution is 5.43. The van der Waals surface area contributed by atoms with Gasteiger partial charge >= 0.3 is 0 Å². The van der Waals surface area contributed by atoms with Gasteiger partial charge in [0.05, 0.1) is 13.3 Å². The number of methoxy groups -OCH3 is 1. The molecule has 92 valence electrons. The topological polar surface area (TPSA) is 17.5 Å². The second kappa shape index (κ2) is 5.10. The van der Waals surface area contributed by atoms with Gasteiger partial charge in [-0.2, -0.15) is 0 Å². The van der Waals surface area contributed by atoms with Crippen LogP contribution in [-0.4, -0.2) is 11.5 Å². The molecule has 4 heteroatoms. The molecular weight excluding hydrogens is 248 g/mol. The van der Waals surface area contributed by atoms with Gasteiger partial charge in [0.15, 0.2) is 5.52 Å². The average Bonchev–Trinajstić information content (AvgIpc) is 2.82. The molecule has 0 fully saturated rings. The quantitative estimate of drug-likeness (QED) is 0.553. The molecule has 2 aromatic heterocycles. The summed E-state index contributed by atoms with van der Waals surface area (Å²) in [5.41, 5.74) is 2.29. The molecule has 0 N–H and O–H groups in total. The molecule has 3 nitrogen and oxygen atoms in total. The van der Waals surface area contributed by atoms with Gasteiger partial charge in [-0.1, -0.05) is 6.07 Å². The smallest absolute Gasteiger partial charge is 0.254 e. The largest absolute Gasteiger partial charge is 1.00 e. The molecule has 3 aromatic rings. The minimum atomic E-state index is 0. The molecule has 0 spiro atoms. The van der Waals surface area contributed by atoms with E-state index in [0.717, 1.165) is 11.4 Å². The number of rotatable bonds is 2. The maximum Gasteiger partial charge on any atom is 0.254 e. The van der Waals surface area contributed by atoms with Crippen molar-refractivity contribution < 1.29 is 21.7 Å². The third-order valence-corrected chi connectivity index (χ3v) is 2.81. The lowest BCUT2D eigenvalue weighted by Crippen LogP contribution is -3.00. The van der Waals surface area contributed by atoms with Gasteiger partial charge in [0, 0.05) is 0 Å². The van der Waals surface area contributed by atoms with Gasteiger partial charge in [0.2, 0.25) is 0 Å². The molecular formula is C14H13ClN2O. The van der Waals surface area contributed by atoms with E-state index in [1.165, 1.54) is 5.52 Å². The van der Waals surface area contributed by atoms with Gasteiger partial charge in [-0.25, -0.2) is 8.97 Å².